The number of carbonyl (C=O) groups excluding carboxylic acids is 1. The molecule has 0 aliphatic carbocycles. The van der Waals surface area contributed by atoms with Crippen molar-refractivity contribution in [2.24, 2.45) is 0 Å². The third kappa shape index (κ3) is 3.80. The summed E-state index contributed by atoms with van der Waals surface area (Å²) in [6.45, 7) is 2.35. The largest absolute Gasteiger partial charge is 0.493 e. The van der Waals surface area contributed by atoms with Crippen LogP contribution in [-0.4, -0.2) is 12.5 Å². The summed E-state index contributed by atoms with van der Waals surface area (Å²) >= 11 is 0. The molecule has 150 valence electrons. The minimum Gasteiger partial charge on any atom is -0.493 e. The van der Waals surface area contributed by atoms with Gasteiger partial charge in [0, 0.05) is 17.8 Å². The number of anilines is 1. The number of ether oxygens (including phenoxy) is 1. The van der Waals surface area contributed by atoms with Crippen molar-refractivity contribution in [1.29, 1.82) is 0 Å². The number of amides is 1. The smallest absolute Gasteiger partial charge is 0.258 e. The van der Waals surface area contributed by atoms with Crippen LogP contribution in [0, 0.1) is 5.82 Å². The standard InChI is InChI=1S/C24H18FNO4/c1-2-29-21-10-6-4-8-18(21)23-14-20(27)17-12-11-15(13-22(17)30-23)26-24(28)16-7-3-5-9-19(16)25/h3-14H,2H2,1H3,(H,26,28). The van der Waals surface area contributed by atoms with Crippen LogP contribution >= 0.6 is 0 Å². The van der Waals surface area contributed by atoms with Gasteiger partial charge in [0.05, 0.1) is 23.1 Å². The summed E-state index contributed by atoms with van der Waals surface area (Å²) in [5.74, 6) is -0.245. The molecule has 3 aromatic carbocycles. The van der Waals surface area contributed by atoms with E-state index in [9.17, 15) is 14.0 Å². The Bertz CT molecular complexity index is 1300. The van der Waals surface area contributed by atoms with Crippen LogP contribution in [0.2, 0.25) is 0 Å². The number of halogens is 1. The fraction of sp³-hybridized carbons (Fsp3) is 0.0833. The Hall–Kier alpha value is -3.93. The molecular weight excluding hydrogens is 385 g/mol. The molecule has 1 N–H and O–H groups in total. The van der Waals surface area contributed by atoms with Crippen LogP contribution in [0.5, 0.6) is 5.75 Å². The molecule has 0 aliphatic heterocycles. The Kier molecular flexibility index (Phi) is 5.30. The molecule has 1 aromatic heterocycles. The molecule has 0 spiro atoms. The van der Waals surface area contributed by atoms with E-state index < -0.39 is 11.7 Å². The number of nitrogens with one attached hydrogen (secondary N) is 1. The van der Waals surface area contributed by atoms with Crippen molar-refractivity contribution in [3.05, 3.63) is 94.4 Å². The van der Waals surface area contributed by atoms with Gasteiger partial charge in [-0.1, -0.05) is 24.3 Å². The Morgan fingerprint density at radius 1 is 1.03 bits per heavy atom. The van der Waals surface area contributed by atoms with Gasteiger partial charge in [-0.2, -0.15) is 0 Å². The highest BCUT2D eigenvalue weighted by atomic mass is 19.1. The Morgan fingerprint density at radius 2 is 1.80 bits per heavy atom. The number of hydrogen-bond acceptors (Lipinski definition) is 4. The molecule has 0 radical (unpaired) electrons. The summed E-state index contributed by atoms with van der Waals surface area (Å²) in [6, 6.07) is 19.1. The van der Waals surface area contributed by atoms with Crippen LogP contribution in [0.4, 0.5) is 10.1 Å². The molecule has 0 unspecified atom stereocenters. The molecule has 0 aliphatic rings. The average Bonchev–Trinajstić information content (AvgIpc) is 2.74. The topological polar surface area (TPSA) is 68.5 Å². The second-order valence-corrected chi connectivity index (χ2v) is 6.55. The molecule has 6 heteroatoms. The minimum absolute atomic E-state index is 0.0709. The van der Waals surface area contributed by atoms with E-state index in [0.29, 0.717) is 40.3 Å². The summed E-state index contributed by atoms with van der Waals surface area (Å²) in [7, 11) is 0. The van der Waals surface area contributed by atoms with Crippen molar-refractivity contribution in [3.8, 4) is 17.1 Å². The first-order chi connectivity index (χ1) is 14.6. The number of fused-ring (bicyclic) bond motifs is 1. The molecule has 0 fully saturated rings. The molecule has 0 bridgehead atoms. The van der Waals surface area contributed by atoms with Crippen molar-refractivity contribution < 1.29 is 18.3 Å². The zero-order valence-corrected chi connectivity index (χ0v) is 16.1. The van der Waals surface area contributed by atoms with Crippen LogP contribution in [0.15, 0.2) is 82.0 Å². The first kappa shape index (κ1) is 19.4. The molecule has 1 amide bonds. The maximum absolute atomic E-state index is 13.9. The molecule has 4 aromatic rings. The summed E-state index contributed by atoms with van der Waals surface area (Å²) in [6.07, 6.45) is 0. The molecule has 0 saturated heterocycles. The SMILES string of the molecule is CCOc1ccccc1-c1cc(=O)c2ccc(NC(=O)c3ccccc3F)cc2o1. The van der Waals surface area contributed by atoms with E-state index in [2.05, 4.69) is 5.32 Å². The van der Waals surface area contributed by atoms with Gasteiger partial charge in [-0.25, -0.2) is 4.39 Å². The highest BCUT2D eigenvalue weighted by molar-refractivity contribution is 6.05. The maximum atomic E-state index is 13.9. The highest BCUT2D eigenvalue weighted by Crippen LogP contribution is 2.31. The van der Waals surface area contributed by atoms with Crippen LogP contribution in [-0.2, 0) is 0 Å². The normalized spacial score (nSPS) is 10.7. The Morgan fingerprint density at radius 3 is 2.60 bits per heavy atom. The second kappa shape index (κ2) is 8.21. The van der Waals surface area contributed by atoms with Gasteiger partial charge in [-0.15, -0.1) is 0 Å². The fourth-order valence-electron chi connectivity index (χ4n) is 3.16. The lowest BCUT2D eigenvalue weighted by Gasteiger charge is -2.10. The van der Waals surface area contributed by atoms with Crippen molar-refractivity contribution in [2.75, 3.05) is 11.9 Å². The first-order valence-corrected chi connectivity index (χ1v) is 9.43. The first-order valence-electron chi connectivity index (χ1n) is 9.43. The summed E-state index contributed by atoms with van der Waals surface area (Å²) in [5, 5.41) is 3.01. The average molecular weight is 403 g/mol. The van der Waals surface area contributed by atoms with E-state index in [1.54, 1.807) is 36.4 Å². The van der Waals surface area contributed by atoms with Crippen molar-refractivity contribution in [3.63, 3.8) is 0 Å². The molecule has 30 heavy (non-hydrogen) atoms. The Labute approximate surface area is 171 Å². The van der Waals surface area contributed by atoms with Gasteiger partial charge in [0.2, 0.25) is 0 Å². The summed E-state index contributed by atoms with van der Waals surface area (Å²) < 4.78 is 25.4. The lowest BCUT2D eigenvalue weighted by atomic mass is 10.1. The van der Waals surface area contributed by atoms with E-state index in [0.717, 1.165) is 0 Å². The van der Waals surface area contributed by atoms with Gasteiger partial charge in [0.25, 0.3) is 5.91 Å². The second-order valence-electron chi connectivity index (χ2n) is 6.55. The van der Waals surface area contributed by atoms with E-state index in [1.165, 1.54) is 24.3 Å². The molecular formula is C24H18FNO4. The summed E-state index contributed by atoms with van der Waals surface area (Å²) in [4.78, 5) is 25.0. The number of para-hydroxylation sites is 1. The number of hydrogen-bond donors (Lipinski definition) is 1. The highest BCUT2D eigenvalue weighted by Gasteiger charge is 2.14. The van der Waals surface area contributed by atoms with Crippen LogP contribution in [0.1, 0.15) is 17.3 Å². The van der Waals surface area contributed by atoms with Gasteiger partial charge in [-0.3, -0.25) is 9.59 Å². The van der Waals surface area contributed by atoms with Crippen LogP contribution in [0.25, 0.3) is 22.3 Å². The quantitative estimate of drug-likeness (QED) is 0.494. The Balaban J connectivity index is 1.73. The zero-order chi connectivity index (χ0) is 21.1. The lowest BCUT2D eigenvalue weighted by molar-refractivity contribution is 0.102. The zero-order valence-electron chi connectivity index (χ0n) is 16.1. The van der Waals surface area contributed by atoms with E-state index in [4.69, 9.17) is 9.15 Å². The molecule has 1 heterocycles. The van der Waals surface area contributed by atoms with Gasteiger partial charge < -0.3 is 14.5 Å². The maximum Gasteiger partial charge on any atom is 0.258 e. The van der Waals surface area contributed by atoms with Crippen molar-refractivity contribution >= 4 is 22.6 Å². The molecule has 0 atom stereocenters. The van der Waals surface area contributed by atoms with E-state index in [1.807, 2.05) is 19.1 Å². The van der Waals surface area contributed by atoms with Crippen molar-refractivity contribution in [2.45, 2.75) is 6.92 Å². The van der Waals surface area contributed by atoms with Crippen molar-refractivity contribution in [1.82, 2.24) is 0 Å². The number of rotatable bonds is 5. The number of carbonyl (C=O) groups is 1. The molecule has 5 nitrogen and oxygen atoms in total. The molecule has 4 rings (SSSR count). The van der Waals surface area contributed by atoms with Crippen LogP contribution in [0.3, 0.4) is 0 Å². The molecule has 0 saturated carbocycles. The van der Waals surface area contributed by atoms with Gasteiger partial charge in [-0.05, 0) is 43.3 Å². The van der Waals surface area contributed by atoms with E-state index >= 15 is 0 Å². The third-order valence-electron chi connectivity index (χ3n) is 4.56. The van der Waals surface area contributed by atoms with Gasteiger partial charge >= 0.3 is 0 Å². The van der Waals surface area contributed by atoms with Crippen LogP contribution < -0.4 is 15.5 Å². The summed E-state index contributed by atoms with van der Waals surface area (Å²) in [5.41, 5.74) is 1.05. The predicted molar refractivity (Wildman–Crippen MR) is 113 cm³/mol. The monoisotopic (exact) mass is 403 g/mol. The number of benzene rings is 3. The third-order valence-corrected chi connectivity index (χ3v) is 4.56. The fourth-order valence-corrected chi connectivity index (χ4v) is 3.16. The minimum atomic E-state index is -0.614. The lowest BCUT2D eigenvalue weighted by Crippen LogP contribution is -2.13. The van der Waals surface area contributed by atoms with Gasteiger partial charge in [0.1, 0.15) is 22.9 Å². The predicted octanol–water partition coefficient (Wildman–Crippen LogP) is 5.25. The van der Waals surface area contributed by atoms with E-state index in [-0.39, 0.29) is 11.0 Å². The van der Waals surface area contributed by atoms with Gasteiger partial charge in [0.15, 0.2) is 5.43 Å².